The Morgan fingerprint density at radius 3 is 2.11 bits per heavy atom. The van der Waals surface area contributed by atoms with Crippen LogP contribution in [0.3, 0.4) is 0 Å². The summed E-state index contributed by atoms with van der Waals surface area (Å²) in [7, 11) is 1.65. The molecule has 103 valence electrons. The van der Waals surface area contributed by atoms with Crippen molar-refractivity contribution in [2.75, 3.05) is 33.5 Å². The first-order valence-corrected chi connectivity index (χ1v) is 6.27. The van der Waals surface area contributed by atoms with Gasteiger partial charge in [0.05, 0.1) is 32.5 Å². The molecule has 0 atom stereocenters. The quantitative estimate of drug-likeness (QED) is 0.467. The second-order valence-electron chi connectivity index (χ2n) is 4.24. The number of methoxy groups -OCH3 is 1. The largest absolute Gasteiger partial charge is 0.382 e. The molecule has 0 saturated carbocycles. The highest BCUT2D eigenvalue weighted by Crippen LogP contribution is 2.21. The number of hydrogen-bond acceptors (Lipinski definition) is 4. The van der Waals surface area contributed by atoms with Crippen LogP contribution < -0.4 is 0 Å². The molecule has 0 aliphatic heterocycles. The average molecular weight is 255 g/mol. The number of rotatable bonds is 9. The van der Waals surface area contributed by atoms with E-state index in [4.69, 9.17) is 18.9 Å². The fourth-order valence-electron chi connectivity index (χ4n) is 1.50. The third-order valence-electron chi connectivity index (χ3n) is 2.36. The Hall–Kier alpha value is -0.680. The molecule has 0 saturated heterocycles. The van der Waals surface area contributed by atoms with Crippen LogP contribution in [0.25, 0.3) is 0 Å². The molecule has 0 aromatic rings. The van der Waals surface area contributed by atoms with Crippen molar-refractivity contribution in [2.45, 2.75) is 25.7 Å². The van der Waals surface area contributed by atoms with Crippen LogP contribution in [0.2, 0.25) is 0 Å². The second kappa shape index (κ2) is 8.43. The maximum Gasteiger partial charge on any atom is 0.208 e. The fourth-order valence-corrected chi connectivity index (χ4v) is 1.50. The van der Waals surface area contributed by atoms with Crippen molar-refractivity contribution in [2.24, 2.45) is 0 Å². The van der Waals surface area contributed by atoms with E-state index in [-0.39, 0.29) is 6.10 Å². The highest BCUT2D eigenvalue weighted by Gasteiger charge is 2.26. The highest BCUT2D eigenvalue weighted by atomic mass is 16.7. The summed E-state index contributed by atoms with van der Waals surface area (Å²) in [4.78, 5) is 0. The lowest BCUT2D eigenvalue weighted by atomic mass is 10.1. The summed E-state index contributed by atoms with van der Waals surface area (Å²) in [5, 5.41) is 0. The van der Waals surface area contributed by atoms with Gasteiger partial charge in [0.2, 0.25) is 5.79 Å². The molecule has 0 unspecified atom stereocenters. The first-order valence-electron chi connectivity index (χ1n) is 6.27. The Kier molecular flexibility index (Phi) is 7.20. The lowest BCUT2D eigenvalue weighted by Gasteiger charge is -2.29. The second-order valence-corrected chi connectivity index (χ2v) is 4.24. The van der Waals surface area contributed by atoms with E-state index < -0.39 is 5.79 Å². The minimum atomic E-state index is -0.784. The van der Waals surface area contributed by atoms with Crippen molar-refractivity contribution in [1.29, 1.82) is 0 Å². The van der Waals surface area contributed by atoms with Crippen molar-refractivity contribution in [1.82, 2.24) is 0 Å². The van der Waals surface area contributed by atoms with Crippen LogP contribution in [-0.4, -0.2) is 45.4 Å². The third kappa shape index (κ3) is 5.78. The highest BCUT2D eigenvalue weighted by molar-refractivity contribution is 5.24. The molecule has 1 aliphatic carbocycles. The molecule has 0 heterocycles. The van der Waals surface area contributed by atoms with Gasteiger partial charge in [0, 0.05) is 13.5 Å². The van der Waals surface area contributed by atoms with Gasteiger partial charge in [-0.1, -0.05) is 12.2 Å². The molecule has 1 rings (SSSR count). The maximum atomic E-state index is 5.77. The first-order chi connectivity index (χ1) is 8.68. The van der Waals surface area contributed by atoms with E-state index in [1.807, 2.05) is 44.6 Å². The van der Waals surface area contributed by atoms with E-state index in [0.717, 1.165) is 0 Å². The van der Waals surface area contributed by atoms with Crippen LogP contribution in [0.1, 0.15) is 13.8 Å². The molecular formula is C14H23O4. The molecular weight excluding hydrogens is 232 g/mol. The van der Waals surface area contributed by atoms with Crippen LogP contribution in [0, 0.1) is 6.42 Å². The van der Waals surface area contributed by atoms with E-state index in [2.05, 4.69) is 0 Å². The summed E-state index contributed by atoms with van der Waals surface area (Å²) >= 11 is 0. The molecule has 18 heavy (non-hydrogen) atoms. The molecule has 0 amide bonds. The Balaban J connectivity index is 2.37. The Morgan fingerprint density at radius 1 is 0.944 bits per heavy atom. The van der Waals surface area contributed by atoms with Gasteiger partial charge < -0.3 is 18.9 Å². The molecule has 0 fully saturated rings. The fraction of sp³-hybridized carbons (Fsp3) is 0.643. The SMILES string of the molecule is COCCOC1(OCCOC(C)C)C=C[CH]C=C1. The zero-order valence-electron chi connectivity index (χ0n) is 11.4. The molecule has 4 heteroatoms. The van der Waals surface area contributed by atoms with Crippen LogP contribution in [-0.2, 0) is 18.9 Å². The van der Waals surface area contributed by atoms with Gasteiger partial charge in [-0.3, -0.25) is 0 Å². The van der Waals surface area contributed by atoms with Gasteiger partial charge >= 0.3 is 0 Å². The summed E-state index contributed by atoms with van der Waals surface area (Å²) in [5.41, 5.74) is 0. The van der Waals surface area contributed by atoms with Gasteiger partial charge in [0.15, 0.2) is 0 Å². The van der Waals surface area contributed by atoms with Crippen molar-refractivity contribution >= 4 is 0 Å². The summed E-state index contributed by atoms with van der Waals surface area (Å²) in [6.45, 7) is 6.06. The Bertz CT molecular complexity index is 259. The predicted octanol–water partition coefficient (Wildman–Crippen LogP) is 2.12. The average Bonchev–Trinajstić information content (AvgIpc) is 2.36. The molecule has 0 bridgehead atoms. The lowest BCUT2D eigenvalue weighted by Crippen LogP contribution is -2.35. The number of hydrogen-bond donors (Lipinski definition) is 0. The van der Waals surface area contributed by atoms with Crippen molar-refractivity contribution < 1.29 is 18.9 Å². The van der Waals surface area contributed by atoms with E-state index in [1.165, 1.54) is 0 Å². The smallest absolute Gasteiger partial charge is 0.208 e. The third-order valence-corrected chi connectivity index (χ3v) is 2.36. The molecule has 4 nitrogen and oxygen atoms in total. The molecule has 1 aliphatic rings. The molecule has 1 radical (unpaired) electrons. The summed E-state index contributed by atoms with van der Waals surface area (Å²) < 4.78 is 21.9. The van der Waals surface area contributed by atoms with Crippen molar-refractivity contribution in [3.8, 4) is 0 Å². The van der Waals surface area contributed by atoms with Crippen LogP contribution >= 0.6 is 0 Å². The summed E-state index contributed by atoms with van der Waals surface area (Å²) in [5.74, 6) is -0.784. The van der Waals surface area contributed by atoms with E-state index in [9.17, 15) is 0 Å². The van der Waals surface area contributed by atoms with Gasteiger partial charge in [0.25, 0.3) is 0 Å². The van der Waals surface area contributed by atoms with E-state index >= 15 is 0 Å². The van der Waals surface area contributed by atoms with Crippen LogP contribution in [0.5, 0.6) is 0 Å². The number of allylic oxidation sites excluding steroid dienone is 2. The minimum Gasteiger partial charge on any atom is -0.382 e. The minimum absolute atomic E-state index is 0.213. The standard InChI is InChI=1S/C14H23O4/c1-13(2)16-10-12-18-14(17-11-9-15-3)7-5-4-6-8-14/h4-8,13H,9-12H2,1-3H3. The van der Waals surface area contributed by atoms with Gasteiger partial charge in [-0.2, -0.15) is 0 Å². The van der Waals surface area contributed by atoms with Gasteiger partial charge in [-0.15, -0.1) is 0 Å². The molecule has 0 spiro atoms. The Labute approximate surface area is 110 Å². The van der Waals surface area contributed by atoms with Gasteiger partial charge in [0.1, 0.15) is 0 Å². The summed E-state index contributed by atoms with van der Waals surface area (Å²) in [6.07, 6.45) is 9.75. The predicted molar refractivity (Wildman–Crippen MR) is 70.2 cm³/mol. The lowest BCUT2D eigenvalue weighted by molar-refractivity contribution is -0.185. The number of ether oxygens (including phenoxy) is 4. The zero-order chi connectivity index (χ0) is 13.3. The van der Waals surface area contributed by atoms with Crippen LogP contribution in [0.4, 0.5) is 0 Å². The molecule has 0 N–H and O–H groups in total. The first kappa shape index (κ1) is 15.4. The topological polar surface area (TPSA) is 36.9 Å². The normalized spacial score (nSPS) is 17.6. The zero-order valence-corrected chi connectivity index (χ0v) is 11.4. The molecule has 0 aromatic carbocycles. The van der Waals surface area contributed by atoms with Crippen molar-refractivity contribution in [3.05, 3.63) is 30.7 Å². The van der Waals surface area contributed by atoms with Crippen LogP contribution in [0.15, 0.2) is 24.3 Å². The summed E-state index contributed by atoms with van der Waals surface area (Å²) in [6, 6.07) is 0. The van der Waals surface area contributed by atoms with Gasteiger partial charge in [-0.25, -0.2) is 0 Å². The van der Waals surface area contributed by atoms with Crippen molar-refractivity contribution in [3.63, 3.8) is 0 Å². The monoisotopic (exact) mass is 255 g/mol. The Morgan fingerprint density at radius 2 is 1.56 bits per heavy atom. The molecule has 0 aromatic heterocycles. The van der Waals surface area contributed by atoms with E-state index in [0.29, 0.717) is 26.4 Å². The maximum absolute atomic E-state index is 5.77. The van der Waals surface area contributed by atoms with Gasteiger partial charge in [-0.05, 0) is 26.0 Å². The van der Waals surface area contributed by atoms with E-state index in [1.54, 1.807) is 7.11 Å².